The summed E-state index contributed by atoms with van der Waals surface area (Å²) in [7, 11) is 0. The van der Waals surface area contributed by atoms with Gasteiger partial charge in [0.25, 0.3) is 5.91 Å². The number of imide groups is 1. The van der Waals surface area contributed by atoms with Crippen LogP contribution in [-0.4, -0.2) is 35.8 Å². The molecule has 0 aromatic heterocycles. The van der Waals surface area contributed by atoms with Gasteiger partial charge < -0.3 is 10.6 Å². The molecule has 0 spiro atoms. The lowest BCUT2D eigenvalue weighted by molar-refractivity contribution is -0.135. The SMILES string of the molecule is C#CCNC(=O)CN1C(=O)N[C@@](CC)(c2ccccc2)C1=O. The molecular formula is C16H17N3O3. The molecule has 6 heteroatoms. The van der Waals surface area contributed by atoms with Crippen LogP contribution in [0.15, 0.2) is 30.3 Å². The first-order valence-corrected chi connectivity index (χ1v) is 6.95. The van der Waals surface area contributed by atoms with E-state index in [1.54, 1.807) is 24.3 Å². The van der Waals surface area contributed by atoms with Crippen LogP contribution in [0.3, 0.4) is 0 Å². The molecule has 1 saturated heterocycles. The molecule has 6 nitrogen and oxygen atoms in total. The Kier molecular flexibility index (Phi) is 4.47. The van der Waals surface area contributed by atoms with Gasteiger partial charge in [0.05, 0.1) is 6.54 Å². The Labute approximate surface area is 128 Å². The summed E-state index contributed by atoms with van der Waals surface area (Å²) < 4.78 is 0. The molecule has 0 aliphatic carbocycles. The van der Waals surface area contributed by atoms with Crippen LogP contribution in [0, 0.1) is 12.3 Å². The second kappa shape index (κ2) is 6.31. The standard InChI is InChI=1S/C16H17N3O3/c1-3-10-17-13(20)11-19-14(21)16(4-2,18-15(19)22)12-8-6-5-7-9-12/h1,5-9H,4,10-11H2,2H3,(H,17,20)(H,18,22)/t16-/m0/s1. The molecule has 114 valence electrons. The molecule has 2 rings (SSSR count). The molecule has 1 aromatic carbocycles. The first-order chi connectivity index (χ1) is 10.5. The van der Waals surface area contributed by atoms with Gasteiger partial charge in [-0.15, -0.1) is 6.42 Å². The number of hydrogen-bond acceptors (Lipinski definition) is 3. The van der Waals surface area contributed by atoms with Crippen molar-refractivity contribution in [1.29, 1.82) is 0 Å². The van der Waals surface area contributed by atoms with Gasteiger partial charge in [0.15, 0.2) is 0 Å². The highest BCUT2D eigenvalue weighted by Crippen LogP contribution is 2.32. The first-order valence-electron chi connectivity index (χ1n) is 6.95. The van der Waals surface area contributed by atoms with E-state index in [1.165, 1.54) is 0 Å². The van der Waals surface area contributed by atoms with Crippen molar-refractivity contribution in [1.82, 2.24) is 15.5 Å². The highest BCUT2D eigenvalue weighted by Gasteiger charge is 2.51. The zero-order valence-electron chi connectivity index (χ0n) is 12.3. The quantitative estimate of drug-likeness (QED) is 0.617. The average molecular weight is 299 g/mol. The molecule has 1 atom stereocenters. The third-order valence-corrected chi connectivity index (χ3v) is 3.66. The summed E-state index contributed by atoms with van der Waals surface area (Å²) in [5, 5.41) is 5.15. The number of amides is 4. The number of nitrogens with one attached hydrogen (secondary N) is 2. The molecule has 1 fully saturated rings. The van der Waals surface area contributed by atoms with E-state index < -0.39 is 23.4 Å². The highest BCUT2D eigenvalue weighted by atomic mass is 16.2. The van der Waals surface area contributed by atoms with E-state index in [2.05, 4.69) is 16.6 Å². The van der Waals surface area contributed by atoms with Crippen molar-refractivity contribution in [2.45, 2.75) is 18.9 Å². The Balaban J connectivity index is 2.24. The Bertz CT molecular complexity index is 636. The number of rotatable bonds is 5. The summed E-state index contributed by atoms with van der Waals surface area (Å²) in [5.41, 5.74) is -0.424. The van der Waals surface area contributed by atoms with Gasteiger partial charge in [-0.3, -0.25) is 14.5 Å². The van der Waals surface area contributed by atoms with Crippen molar-refractivity contribution in [2.24, 2.45) is 0 Å². The van der Waals surface area contributed by atoms with Crippen molar-refractivity contribution in [3.8, 4) is 12.3 Å². The predicted molar refractivity (Wildman–Crippen MR) is 80.5 cm³/mol. The van der Waals surface area contributed by atoms with Crippen LogP contribution in [0.5, 0.6) is 0 Å². The minimum absolute atomic E-state index is 0.0556. The van der Waals surface area contributed by atoms with Crippen molar-refractivity contribution < 1.29 is 14.4 Å². The highest BCUT2D eigenvalue weighted by molar-refractivity contribution is 6.09. The summed E-state index contributed by atoms with van der Waals surface area (Å²) in [4.78, 5) is 37.4. The van der Waals surface area contributed by atoms with E-state index >= 15 is 0 Å². The Morgan fingerprint density at radius 3 is 2.64 bits per heavy atom. The van der Waals surface area contributed by atoms with E-state index in [9.17, 15) is 14.4 Å². The third-order valence-electron chi connectivity index (χ3n) is 3.66. The summed E-state index contributed by atoms with van der Waals surface area (Å²) in [6.45, 7) is 1.52. The maximum atomic E-state index is 12.7. The smallest absolute Gasteiger partial charge is 0.325 e. The number of carbonyl (C=O) groups excluding carboxylic acids is 3. The van der Waals surface area contributed by atoms with Crippen LogP contribution in [0.25, 0.3) is 0 Å². The number of hydrogen-bond donors (Lipinski definition) is 2. The van der Waals surface area contributed by atoms with Crippen LogP contribution in [-0.2, 0) is 15.1 Å². The minimum atomic E-state index is -1.12. The lowest BCUT2D eigenvalue weighted by atomic mass is 9.87. The predicted octanol–water partition coefficient (Wildman–Crippen LogP) is 0.593. The number of nitrogens with zero attached hydrogens (tertiary/aromatic N) is 1. The molecule has 1 heterocycles. The summed E-state index contributed by atoms with van der Waals surface area (Å²) in [6, 6.07) is 8.42. The topological polar surface area (TPSA) is 78.5 Å². The van der Waals surface area contributed by atoms with Crippen LogP contribution in [0.4, 0.5) is 4.79 Å². The molecule has 22 heavy (non-hydrogen) atoms. The van der Waals surface area contributed by atoms with Gasteiger partial charge in [-0.05, 0) is 12.0 Å². The molecular weight excluding hydrogens is 282 g/mol. The Morgan fingerprint density at radius 1 is 1.36 bits per heavy atom. The van der Waals surface area contributed by atoms with Crippen LogP contribution in [0.2, 0.25) is 0 Å². The molecule has 1 aromatic rings. The summed E-state index contributed by atoms with van der Waals surface area (Å²) in [6.07, 6.45) is 5.45. The molecule has 0 radical (unpaired) electrons. The minimum Gasteiger partial charge on any atom is -0.344 e. The molecule has 0 saturated carbocycles. The maximum Gasteiger partial charge on any atom is 0.325 e. The van der Waals surface area contributed by atoms with Crippen molar-refractivity contribution in [3.63, 3.8) is 0 Å². The van der Waals surface area contributed by atoms with Crippen LogP contribution in [0.1, 0.15) is 18.9 Å². The van der Waals surface area contributed by atoms with Crippen molar-refractivity contribution in [2.75, 3.05) is 13.1 Å². The van der Waals surface area contributed by atoms with Gasteiger partial charge in [0.1, 0.15) is 12.1 Å². The zero-order chi connectivity index (χ0) is 16.2. The number of carbonyl (C=O) groups is 3. The second-order valence-electron chi connectivity index (χ2n) is 4.93. The van der Waals surface area contributed by atoms with Crippen LogP contribution >= 0.6 is 0 Å². The molecule has 2 N–H and O–H groups in total. The third kappa shape index (κ3) is 2.66. The van der Waals surface area contributed by atoms with E-state index in [-0.39, 0.29) is 13.1 Å². The maximum absolute atomic E-state index is 12.7. The molecule has 0 bridgehead atoms. The van der Waals surface area contributed by atoms with E-state index in [1.807, 2.05) is 13.0 Å². The van der Waals surface area contributed by atoms with Gasteiger partial charge >= 0.3 is 6.03 Å². The normalized spacial score (nSPS) is 20.5. The van der Waals surface area contributed by atoms with E-state index in [0.717, 1.165) is 4.90 Å². The number of urea groups is 1. The molecule has 4 amide bonds. The Hall–Kier alpha value is -2.81. The first kappa shape index (κ1) is 15.6. The van der Waals surface area contributed by atoms with Gasteiger partial charge in [-0.25, -0.2) is 4.79 Å². The fourth-order valence-electron chi connectivity index (χ4n) is 2.48. The van der Waals surface area contributed by atoms with Crippen molar-refractivity contribution >= 4 is 17.8 Å². The zero-order valence-corrected chi connectivity index (χ0v) is 12.3. The van der Waals surface area contributed by atoms with Gasteiger partial charge in [-0.1, -0.05) is 43.2 Å². The summed E-state index contributed by atoms with van der Waals surface area (Å²) in [5.74, 6) is 1.36. The van der Waals surface area contributed by atoms with Gasteiger partial charge in [-0.2, -0.15) is 0 Å². The monoisotopic (exact) mass is 299 g/mol. The van der Waals surface area contributed by atoms with Gasteiger partial charge in [0, 0.05) is 0 Å². The Morgan fingerprint density at radius 2 is 2.05 bits per heavy atom. The lowest BCUT2D eigenvalue weighted by Crippen LogP contribution is -2.44. The number of benzene rings is 1. The fraction of sp³-hybridized carbons (Fsp3) is 0.312. The van der Waals surface area contributed by atoms with Crippen LogP contribution < -0.4 is 10.6 Å². The molecule has 1 aliphatic rings. The van der Waals surface area contributed by atoms with E-state index in [0.29, 0.717) is 12.0 Å². The largest absolute Gasteiger partial charge is 0.344 e. The second-order valence-corrected chi connectivity index (χ2v) is 4.93. The fourth-order valence-corrected chi connectivity index (χ4v) is 2.48. The lowest BCUT2D eigenvalue weighted by Gasteiger charge is -2.25. The van der Waals surface area contributed by atoms with E-state index in [4.69, 9.17) is 6.42 Å². The summed E-state index contributed by atoms with van der Waals surface area (Å²) >= 11 is 0. The number of terminal acetylenes is 1. The molecule has 0 unspecified atom stereocenters. The average Bonchev–Trinajstić information content (AvgIpc) is 2.79. The van der Waals surface area contributed by atoms with Crippen molar-refractivity contribution in [3.05, 3.63) is 35.9 Å². The van der Waals surface area contributed by atoms with Gasteiger partial charge in [0.2, 0.25) is 5.91 Å². The molecule has 1 aliphatic heterocycles.